The quantitative estimate of drug-likeness (QED) is 0.233. The van der Waals surface area contributed by atoms with Crippen molar-refractivity contribution in [2.45, 2.75) is 5.37 Å². The highest BCUT2D eigenvalue weighted by atomic mass is 127. The van der Waals surface area contributed by atoms with Crippen molar-refractivity contribution in [3.63, 3.8) is 0 Å². The summed E-state index contributed by atoms with van der Waals surface area (Å²) in [6.07, 6.45) is 0. The molecule has 11 heteroatoms. The van der Waals surface area contributed by atoms with Crippen LogP contribution in [-0.4, -0.2) is 44.3 Å². The molecule has 1 aliphatic heterocycles. The number of aromatic nitrogens is 2. The topological polar surface area (TPSA) is 114 Å². The Hall–Kier alpha value is -4.36. The fourth-order valence-corrected chi connectivity index (χ4v) is 6.49. The third-order valence-electron chi connectivity index (χ3n) is 6.84. The van der Waals surface area contributed by atoms with Gasteiger partial charge in [0.1, 0.15) is 11.2 Å². The molecule has 1 saturated heterocycles. The largest absolute Gasteiger partial charge is 0.504 e. The van der Waals surface area contributed by atoms with Crippen molar-refractivity contribution in [2.24, 2.45) is 0 Å². The smallest absolute Gasteiger partial charge is 0.269 e. The average Bonchev–Trinajstić information content (AvgIpc) is 3.38. The number of rotatable bonds is 6. The molecule has 0 bridgehead atoms. The van der Waals surface area contributed by atoms with E-state index in [1.807, 2.05) is 59.0 Å². The van der Waals surface area contributed by atoms with E-state index in [0.29, 0.717) is 37.1 Å². The summed E-state index contributed by atoms with van der Waals surface area (Å²) in [5.41, 5.74) is 5.44. The second kappa shape index (κ2) is 11.5. The minimum absolute atomic E-state index is 0.0167. The van der Waals surface area contributed by atoms with Crippen LogP contribution in [0.25, 0.3) is 28.0 Å². The van der Waals surface area contributed by atoms with Gasteiger partial charge < -0.3 is 9.84 Å². The van der Waals surface area contributed by atoms with Crippen LogP contribution in [-0.2, 0) is 4.79 Å². The molecule has 0 saturated carbocycles. The summed E-state index contributed by atoms with van der Waals surface area (Å²) in [5.74, 6) is 0.241. The molecule has 210 valence electrons. The molecule has 1 unspecified atom stereocenters. The second-order valence-electron chi connectivity index (χ2n) is 9.43. The van der Waals surface area contributed by atoms with Gasteiger partial charge in [-0.2, -0.15) is 0 Å². The van der Waals surface area contributed by atoms with Crippen molar-refractivity contribution in [3.8, 4) is 28.6 Å². The van der Waals surface area contributed by atoms with Crippen LogP contribution in [0.15, 0.2) is 95.8 Å². The minimum Gasteiger partial charge on any atom is -0.504 e. The van der Waals surface area contributed by atoms with Crippen molar-refractivity contribution in [1.29, 1.82) is 0 Å². The Balaban J connectivity index is 1.31. The molecule has 0 spiro atoms. The fourth-order valence-electron chi connectivity index (χ4n) is 4.77. The number of hydrogen-bond donors (Lipinski definition) is 2. The van der Waals surface area contributed by atoms with Crippen molar-refractivity contribution < 1.29 is 19.4 Å². The van der Waals surface area contributed by atoms with E-state index in [1.165, 1.54) is 28.4 Å². The highest BCUT2D eigenvalue weighted by Gasteiger charge is 2.35. The molecule has 0 aliphatic carbocycles. The number of carbonyl (C=O) groups excluding carboxylic acids is 2. The molecule has 0 radical (unpaired) electrons. The Bertz CT molecular complexity index is 1900. The minimum atomic E-state index is -0.501. The van der Waals surface area contributed by atoms with E-state index in [0.717, 1.165) is 5.56 Å². The lowest BCUT2D eigenvalue weighted by atomic mass is 10.1. The number of phenolic OH excluding ortho intramolecular Hbond substituents is 1. The maximum Gasteiger partial charge on any atom is 0.269 e. The van der Waals surface area contributed by atoms with Gasteiger partial charge in [-0.3, -0.25) is 24.4 Å². The monoisotopic (exact) mass is 690 g/mol. The highest BCUT2D eigenvalue weighted by Crippen LogP contribution is 2.42. The van der Waals surface area contributed by atoms with Gasteiger partial charge in [0, 0.05) is 11.1 Å². The number of thioether (sulfide) groups is 1. The number of nitrogens with zero attached hydrogens (tertiary/aromatic N) is 3. The number of hydrazine groups is 1. The summed E-state index contributed by atoms with van der Waals surface area (Å²) in [7, 11) is 1.45. The SMILES string of the molecule is COc1cc(C2SCC(=O)N2NC(=O)c2ccc(-n3c(-c4ccccc4)nc4ccccc4c3=O)cc2)cc(I)c1O. The van der Waals surface area contributed by atoms with Gasteiger partial charge in [-0.05, 0) is 76.7 Å². The summed E-state index contributed by atoms with van der Waals surface area (Å²) in [5, 5.41) is 11.5. The van der Waals surface area contributed by atoms with Crippen LogP contribution >= 0.6 is 34.4 Å². The molecule has 5 aromatic rings. The number of amides is 2. The van der Waals surface area contributed by atoms with Crippen LogP contribution in [0.3, 0.4) is 0 Å². The number of hydrogen-bond acceptors (Lipinski definition) is 7. The van der Waals surface area contributed by atoms with Crippen molar-refractivity contribution in [1.82, 2.24) is 20.0 Å². The molecule has 2 heterocycles. The molecule has 4 aromatic carbocycles. The van der Waals surface area contributed by atoms with Crippen LogP contribution in [0.5, 0.6) is 11.5 Å². The third-order valence-corrected chi connectivity index (χ3v) is 8.88. The number of methoxy groups -OCH3 is 1. The zero-order valence-corrected chi connectivity index (χ0v) is 25.1. The Morgan fingerprint density at radius 3 is 2.48 bits per heavy atom. The fraction of sp³-hybridized carbons (Fsp3) is 0.0968. The predicted molar refractivity (Wildman–Crippen MR) is 170 cm³/mol. The first-order chi connectivity index (χ1) is 20.4. The molecule has 9 nitrogen and oxygen atoms in total. The summed E-state index contributed by atoms with van der Waals surface area (Å²) in [4.78, 5) is 44.5. The average molecular weight is 691 g/mol. The maximum absolute atomic E-state index is 13.6. The van der Waals surface area contributed by atoms with E-state index in [4.69, 9.17) is 9.72 Å². The number of ether oxygens (including phenoxy) is 1. The molecular formula is C31H23IN4O5S. The van der Waals surface area contributed by atoms with Crippen LogP contribution < -0.4 is 15.7 Å². The van der Waals surface area contributed by atoms with Crippen LogP contribution in [0.2, 0.25) is 0 Å². The van der Waals surface area contributed by atoms with E-state index in [1.54, 1.807) is 54.6 Å². The molecule has 42 heavy (non-hydrogen) atoms. The number of nitrogens with one attached hydrogen (secondary N) is 1. The summed E-state index contributed by atoms with van der Waals surface area (Å²) in [6, 6.07) is 26.6. The number of para-hydroxylation sites is 1. The van der Waals surface area contributed by atoms with Crippen LogP contribution in [0, 0.1) is 3.57 Å². The number of halogens is 1. The van der Waals surface area contributed by atoms with E-state index in [2.05, 4.69) is 5.43 Å². The van der Waals surface area contributed by atoms with Crippen LogP contribution in [0.1, 0.15) is 21.3 Å². The zero-order chi connectivity index (χ0) is 29.4. The molecule has 1 fully saturated rings. The predicted octanol–water partition coefficient (Wildman–Crippen LogP) is 5.29. The normalized spacial score (nSPS) is 14.8. The first-order valence-electron chi connectivity index (χ1n) is 12.8. The molecule has 1 aromatic heterocycles. The number of fused-ring (bicyclic) bond motifs is 1. The van der Waals surface area contributed by atoms with Gasteiger partial charge in [-0.25, -0.2) is 9.99 Å². The number of benzene rings is 4. The lowest BCUT2D eigenvalue weighted by molar-refractivity contribution is -0.130. The number of phenols is 1. The Morgan fingerprint density at radius 2 is 1.74 bits per heavy atom. The highest BCUT2D eigenvalue weighted by molar-refractivity contribution is 14.1. The summed E-state index contributed by atoms with van der Waals surface area (Å²) in [6.45, 7) is 0. The van der Waals surface area contributed by atoms with E-state index in [9.17, 15) is 19.5 Å². The van der Waals surface area contributed by atoms with E-state index >= 15 is 0 Å². The van der Waals surface area contributed by atoms with E-state index < -0.39 is 11.3 Å². The standard InChI is InChI=1S/C31H23IN4O5S/c1-41-25-16-20(15-23(32)27(25)38)31-36(26(37)17-42-31)34-29(39)19-11-13-21(14-12-19)35-28(18-7-3-2-4-8-18)33-24-10-6-5-9-22(24)30(35)40/h2-16,31,38H,17H2,1H3,(H,34,39). The summed E-state index contributed by atoms with van der Waals surface area (Å²) < 4.78 is 7.38. The first-order valence-corrected chi connectivity index (χ1v) is 15.0. The second-order valence-corrected chi connectivity index (χ2v) is 11.7. The van der Waals surface area contributed by atoms with Crippen LogP contribution in [0.4, 0.5) is 0 Å². The van der Waals surface area contributed by atoms with Gasteiger partial charge in [-0.1, -0.05) is 42.5 Å². The van der Waals surface area contributed by atoms with Gasteiger partial charge in [0.05, 0.1) is 33.0 Å². The third kappa shape index (κ3) is 5.09. The van der Waals surface area contributed by atoms with Gasteiger partial charge >= 0.3 is 0 Å². The Kier molecular flexibility index (Phi) is 7.60. The zero-order valence-electron chi connectivity index (χ0n) is 22.2. The molecule has 2 N–H and O–H groups in total. The Labute approximate surface area is 258 Å². The first kappa shape index (κ1) is 27.8. The van der Waals surface area contributed by atoms with Crippen molar-refractivity contribution in [2.75, 3.05) is 12.9 Å². The van der Waals surface area contributed by atoms with Crippen molar-refractivity contribution in [3.05, 3.63) is 116 Å². The lowest BCUT2D eigenvalue weighted by Crippen LogP contribution is -2.44. The number of carbonyl (C=O) groups is 2. The molecule has 6 rings (SSSR count). The van der Waals surface area contributed by atoms with E-state index in [-0.39, 0.29) is 28.7 Å². The van der Waals surface area contributed by atoms with Crippen molar-refractivity contribution >= 4 is 57.1 Å². The van der Waals surface area contributed by atoms with Gasteiger partial charge in [-0.15, -0.1) is 11.8 Å². The lowest BCUT2D eigenvalue weighted by Gasteiger charge is -2.25. The van der Waals surface area contributed by atoms with Gasteiger partial charge in [0.15, 0.2) is 11.5 Å². The van der Waals surface area contributed by atoms with Gasteiger partial charge in [0.25, 0.3) is 17.4 Å². The Morgan fingerprint density at radius 1 is 1.02 bits per heavy atom. The maximum atomic E-state index is 13.6. The molecular weight excluding hydrogens is 667 g/mol. The molecule has 1 aliphatic rings. The van der Waals surface area contributed by atoms with Gasteiger partial charge in [0.2, 0.25) is 0 Å². The molecule has 1 atom stereocenters. The molecule has 2 amide bonds. The number of aromatic hydroxyl groups is 1. The summed E-state index contributed by atoms with van der Waals surface area (Å²) >= 11 is 3.35.